The molecule has 0 amide bonds. The lowest BCUT2D eigenvalue weighted by atomic mass is 10.2. The second kappa shape index (κ2) is 8.73. The Bertz CT molecular complexity index is 662. The van der Waals surface area contributed by atoms with E-state index in [2.05, 4.69) is 4.90 Å². The molecule has 0 aliphatic carbocycles. The zero-order chi connectivity index (χ0) is 17.7. The smallest absolute Gasteiger partial charge is 0.243 e. The third kappa shape index (κ3) is 4.68. The molecule has 0 aromatic heterocycles. The van der Waals surface area contributed by atoms with Crippen molar-refractivity contribution in [2.75, 3.05) is 58.0 Å². The summed E-state index contributed by atoms with van der Waals surface area (Å²) in [6.45, 7) is 4.52. The van der Waals surface area contributed by atoms with Gasteiger partial charge in [-0.15, -0.1) is 0 Å². The fourth-order valence-corrected chi connectivity index (χ4v) is 6.09. The highest BCUT2D eigenvalue weighted by atomic mass is 32.2. The Morgan fingerprint density at radius 2 is 2.08 bits per heavy atom. The first kappa shape index (κ1) is 19.0. The number of benzene rings is 1. The maximum absolute atomic E-state index is 13.3. The van der Waals surface area contributed by atoms with Crippen LogP contribution in [-0.4, -0.2) is 81.7 Å². The van der Waals surface area contributed by atoms with E-state index >= 15 is 0 Å². The molecule has 2 saturated heterocycles. The van der Waals surface area contributed by atoms with E-state index in [1.165, 1.54) is 0 Å². The van der Waals surface area contributed by atoms with Crippen LogP contribution < -0.4 is 4.74 Å². The molecule has 0 N–H and O–H groups in total. The highest BCUT2D eigenvalue weighted by Crippen LogP contribution is 2.27. The van der Waals surface area contributed by atoms with Crippen molar-refractivity contribution in [1.82, 2.24) is 9.21 Å². The van der Waals surface area contributed by atoms with Gasteiger partial charge in [0.15, 0.2) is 0 Å². The summed E-state index contributed by atoms with van der Waals surface area (Å²) in [5, 5.41) is 0. The summed E-state index contributed by atoms with van der Waals surface area (Å²) in [6, 6.07) is 6.75. The Morgan fingerprint density at radius 1 is 1.28 bits per heavy atom. The summed E-state index contributed by atoms with van der Waals surface area (Å²) >= 11 is 1.85. The first-order valence-electron chi connectivity index (χ1n) is 8.65. The van der Waals surface area contributed by atoms with Crippen molar-refractivity contribution in [2.45, 2.75) is 17.4 Å². The number of thioether (sulfide) groups is 1. The van der Waals surface area contributed by atoms with Crippen molar-refractivity contribution in [3.05, 3.63) is 24.3 Å². The van der Waals surface area contributed by atoms with E-state index in [4.69, 9.17) is 9.47 Å². The fraction of sp³-hybridized carbons (Fsp3) is 0.647. The lowest BCUT2D eigenvalue weighted by Gasteiger charge is -2.35. The van der Waals surface area contributed by atoms with Crippen LogP contribution in [0.3, 0.4) is 0 Å². The molecule has 0 spiro atoms. The Balaban J connectivity index is 1.83. The monoisotopic (exact) mass is 386 g/mol. The lowest BCUT2D eigenvalue weighted by Crippen LogP contribution is -2.50. The second-order valence-electron chi connectivity index (χ2n) is 6.29. The molecule has 3 rings (SSSR count). The van der Waals surface area contributed by atoms with Gasteiger partial charge in [0.05, 0.1) is 25.2 Å². The van der Waals surface area contributed by atoms with E-state index < -0.39 is 10.0 Å². The van der Waals surface area contributed by atoms with Crippen molar-refractivity contribution in [3.63, 3.8) is 0 Å². The number of ether oxygens (including phenoxy) is 2. The topological polar surface area (TPSA) is 59.1 Å². The summed E-state index contributed by atoms with van der Waals surface area (Å²) < 4.78 is 38.9. The minimum atomic E-state index is -3.54. The van der Waals surface area contributed by atoms with E-state index in [1.54, 1.807) is 35.7 Å². The molecule has 8 heteroatoms. The molecule has 2 aliphatic heterocycles. The molecule has 1 unspecified atom stereocenters. The van der Waals surface area contributed by atoms with Gasteiger partial charge in [0.1, 0.15) is 5.75 Å². The second-order valence-corrected chi connectivity index (χ2v) is 9.33. The third-order valence-corrected chi connectivity index (χ3v) is 7.75. The zero-order valence-corrected chi connectivity index (χ0v) is 16.2. The number of nitrogens with zero attached hydrogens (tertiary/aromatic N) is 2. The summed E-state index contributed by atoms with van der Waals surface area (Å²) in [5.74, 6) is 2.40. The predicted molar refractivity (Wildman–Crippen MR) is 99.9 cm³/mol. The summed E-state index contributed by atoms with van der Waals surface area (Å²) in [4.78, 5) is 2.62. The van der Waals surface area contributed by atoms with Gasteiger partial charge in [-0.1, -0.05) is 6.07 Å². The van der Waals surface area contributed by atoms with Crippen LogP contribution in [0.15, 0.2) is 29.2 Å². The molecule has 1 aromatic carbocycles. The van der Waals surface area contributed by atoms with Gasteiger partial charge in [-0.3, -0.25) is 4.90 Å². The maximum atomic E-state index is 13.3. The van der Waals surface area contributed by atoms with Gasteiger partial charge in [-0.25, -0.2) is 8.42 Å². The Labute approximate surface area is 154 Å². The third-order valence-electron chi connectivity index (χ3n) is 4.61. The normalized spacial score (nSPS) is 24.0. The molecule has 2 heterocycles. The van der Waals surface area contributed by atoms with Crippen LogP contribution in [0.1, 0.15) is 6.42 Å². The molecule has 2 fully saturated rings. The van der Waals surface area contributed by atoms with Gasteiger partial charge in [-0.2, -0.15) is 16.1 Å². The van der Waals surface area contributed by atoms with Gasteiger partial charge in [-0.05, 0) is 24.3 Å². The standard InChI is InChI=1S/C17H26N2O4S2/c1-22-16-4-2-5-17(12-16)25(20,21)19-6-3-11-24-14-15(19)13-18-7-9-23-10-8-18/h2,4-5,12,15H,3,6-11,13-14H2,1H3. The first-order valence-corrected chi connectivity index (χ1v) is 11.2. The number of methoxy groups -OCH3 is 1. The molecule has 1 atom stereocenters. The minimum absolute atomic E-state index is 0.0122. The van der Waals surface area contributed by atoms with Crippen LogP contribution in [0.5, 0.6) is 5.75 Å². The molecule has 0 saturated carbocycles. The van der Waals surface area contributed by atoms with E-state index in [0.717, 1.165) is 50.8 Å². The van der Waals surface area contributed by atoms with E-state index in [0.29, 0.717) is 17.2 Å². The van der Waals surface area contributed by atoms with Crippen LogP contribution in [-0.2, 0) is 14.8 Å². The van der Waals surface area contributed by atoms with Gasteiger partial charge >= 0.3 is 0 Å². The van der Waals surface area contributed by atoms with E-state index in [9.17, 15) is 8.42 Å². The highest BCUT2D eigenvalue weighted by Gasteiger charge is 2.34. The molecule has 0 radical (unpaired) electrons. The zero-order valence-electron chi connectivity index (χ0n) is 14.6. The van der Waals surface area contributed by atoms with Crippen molar-refractivity contribution in [3.8, 4) is 5.75 Å². The molecule has 2 aliphatic rings. The number of hydrogen-bond acceptors (Lipinski definition) is 6. The van der Waals surface area contributed by atoms with Crippen molar-refractivity contribution in [2.24, 2.45) is 0 Å². The lowest BCUT2D eigenvalue weighted by molar-refractivity contribution is 0.0309. The molecule has 140 valence electrons. The summed E-state index contributed by atoms with van der Waals surface area (Å²) in [7, 11) is -1.98. The van der Waals surface area contributed by atoms with Crippen molar-refractivity contribution >= 4 is 21.8 Å². The van der Waals surface area contributed by atoms with Gasteiger partial charge < -0.3 is 9.47 Å². The van der Waals surface area contributed by atoms with Crippen LogP contribution in [0.25, 0.3) is 0 Å². The number of hydrogen-bond donors (Lipinski definition) is 0. The largest absolute Gasteiger partial charge is 0.497 e. The molecular formula is C17H26N2O4S2. The highest BCUT2D eigenvalue weighted by molar-refractivity contribution is 7.99. The Hall–Kier alpha value is -0.800. The molecule has 1 aromatic rings. The molecule has 6 nitrogen and oxygen atoms in total. The van der Waals surface area contributed by atoms with Crippen LogP contribution in [0.2, 0.25) is 0 Å². The van der Waals surface area contributed by atoms with Gasteiger partial charge in [0.2, 0.25) is 10.0 Å². The molecule has 25 heavy (non-hydrogen) atoms. The molecular weight excluding hydrogens is 360 g/mol. The van der Waals surface area contributed by atoms with Crippen molar-refractivity contribution < 1.29 is 17.9 Å². The number of rotatable bonds is 5. The van der Waals surface area contributed by atoms with Crippen molar-refractivity contribution in [1.29, 1.82) is 0 Å². The molecule has 0 bridgehead atoms. The summed E-state index contributed by atoms with van der Waals surface area (Å²) in [5.41, 5.74) is 0. The fourth-order valence-electron chi connectivity index (χ4n) is 3.25. The Morgan fingerprint density at radius 3 is 2.84 bits per heavy atom. The maximum Gasteiger partial charge on any atom is 0.243 e. The van der Waals surface area contributed by atoms with Crippen LogP contribution in [0, 0.1) is 0 Å². The number of morpholine rings is 1. The summed E-state index contributed by atoms with van der Waals surface area (Å²) in [6.07, 6.45) is 0.882. The quantitative estimate of drug-likeness (QED) is 0.765. The van der Waals surface area contributed by atoms with Crippen LogP contribution in [0.4, 0.5) is 0 Å². The first-order chi connectivity index (χ1) is 12.1. The average Bonchev–Trinajstić information content (AvgIpc) is 2.88. The average molecular weight is 387 g/mol. The minimum Gasteiger partial charge on any atom is -0.497 e. The van der Waals surface area contributed by atoms with E-state index in [1.807, 2.05) is 11.8 Å². The van der Waals surface area contributed by atoms with Gasteiger partial charge in [0.25, 0.3) is 0 Å². The number of sulfonamides is 1. The van der Waals surface area contributed by atoms with Gasteiger partial charge in [0, 0.05) is 44.0 Å². The SMILES string of the molecule is COc1cccc(S(=O)(=O)N2CCCSCC2CN2CCOCC2)c1. The Kier molecular flexibility index (Phi) is 6.62. The predicted octanol–water partition coefficient (Wildman–Crippen LogP) is 1.52. The van der Waals surface area contributed by atoms with Crippen LogP contribution >= 0.6 is 11.8 Å². The van der Waals surface area contributed by atoms with E-state index in [-0.39, 0.29) is 6.04 Å².